The Hall–Kier alpha value is -2.52. The van der Waals surface area contributed by atoms with E-state index in [0.29, 0.717) is 44.3 Å². The summed E-state index contributed by atoms with van der Waals surface area (Å²) >= 11 is 0. The maximum absolute atomic E-state index is 13.2. The highest BCUT2D eigenvalue weighted by Gasteiger charge is 2.49. The number of halogens is 1. The van der Waals surface area contributed by atoms with E-state index in [9.17, 15) is 18.8 Å². The molecule has 4 amide bonds. The van der Waals surface area contributed by atoms with E-state index in [1.54, 1.807) is 6.92 Å². The van der Waals surface area contributed by atoms with E-state index >= 15 is 0 Å². The molecule has 3 fully saturated rings. The summed E-state index contributed by atoms with van der Waals surface area (Å²) in [5.41, 5.74) is -0.653. The number of urea groups is 1. The number of nitrogens with one attached hydrogen (secondary N) is 2. The molecule has 2 saturated heterocycles. The van der Waals surface area contributed by atoms with E-state index in [0.717, 1.165) is 12.8 Å². The van der Waals surface area contributed by atoms with E-state index < -0.39 is 17.4 Å². The molecule has 1 aromatic carbocycles. The summed E-state index contributed by atoms with van der Waals surface area (Å²) < 4.78 is 13.2. The van der Waals surface area contributed by atoms with Crippen molar-refractivity contribution in [1.82, 2.24) is 25.3 Å². The van der Waals surface area contributed by atoms with Crippen LogP contribution in [-0.2, 0) is 15.1 Å². The normalized spacial score (nSPS) is 25.9. The molecule has 0 aromatic heterocycles. The Bertz CT molecular complexity index is 805. The lowest BCUT2D eigenvalue weighted by molar-refractivity contribution is -0.132. The maximum atomic E-state index is 13.2. The minimum absolute atomic E-state index is 0.0603. The second kappa shape index (κ2) is 7.72. The first-order valence-corrected chi connectivity index (χ1v) is 9.99. The van der Waals surface area contributed by atoms with Gasteiger partial charge in [0.05, 0.1) is 13.2 Å². The fourth-order valence-electron chi connectivity index (χ4n) is 3.80. The Balaban J connectivity index is 1.31. The molecule has 8 nitrogen and oxygen atoms in total. The van der Waals surface area contributed by atoms with Gasteiger partial charge in [0.1, 0.15) is 11.4 Å². The van der Waals surface area contributed by atoms with Crippen LogP contribution in [0.25, 0.3) is 0 Å². The Labute approximate surface area is 169 Å². The first-order valence-electron chi connectivity index (χ1n) is 9.99. The highest BCUT2D eigenvalue weighted by atomic mass is 19.1. The zero-order chi connectivity index (χ0) is 20.6. The molecule has 9 heteroatoms. The predicted molar refractivity (Wildman–Crippen MR) is 103 cm³/mol. The van der Waals surface area contributed by atoms with Gasteiger partial charge in [-0.25, -0.2) is 14.1 Å². The average Bonchev–Trinajstić information content (AvgIpc) is 3.47. The summed E-state index contributed by atoms with van der Waals surface area (Å²) in [5, 5.41) is 5.73. The van der Waals surface area contributed by atoms with Crippen molar-refractivity contribution in [2.24, 2.45) is 0 Å². The molecular formula is C20H26FN5O3. The molecule has 2 N–H and O–H groups in total. The standard InChI is InChI=1S/C20H26FN5O3/c1-20(14-2-4-15(21)5-3-14)18(28)26(19(29)23-20)13-25-10-8-24(9-11-25)12-17(27)22-16-6-7-16/h2-5,16H,6-13H2,1H3,(H,22,27)(H,23,29)/t20-/m0/s1. The number of hydrogen-bond acceptors (Lipinski definition) is 5. The van der Waals surface area contributed by atoms with Gasteiger partial charge in [0.25, 0.3) is 5.91 Å². The number of imide groups is 1. The summed E-state index contributed by atoms with van der Waals surface area (Å²) in [7, 11) is 0. The third-order valence-corrected chi connectivity index (χ3v) is 5.81. The van der Waals surface area contributed by atoms with Gasteiger partial charge in [0.2, 0.25) is 5.91 Å². The molecule has 156 valence electrons. The summed E-state index contributed by atoms with van der Waals surface area (Å²) in [6, 6.07) is 5.50. The van der Waals surface area contributed by atoms with Gasteiger partial charge in [0, 0.05) is 32.2 Å². The van der Waals surface area contributed by atoms with Crippen LogP contribution >= 0.6 is 0 Å². The van der Waals surface area contributed by atoms with E-state index in [4.69, 9.17) is 0 Å². The molecule has 0 radical (unpaired) electrons. The van der Waals surface area contributed by atoms with Gasteiger partial charge in [-0.2, -0.15) is 0 Å². The van der Waals surface area contributed by atoms with Crippen LogP contribution in [0.4, 0.5) is 9.18 Å². The topological polar surface area (TPSA) is 85.0 Å². The molecule has 2 aliphatic heterocycles. The lowest BCUT2D eigenvalue weighted by atomic mass is 9.92. The highest BCUT2D eigenvalue weighted by molar-refractivity contribution is 6.07. The van der Waals surface area contributed by atoms with Crippen LogP contribution in [0.3, 0.4) is 0 Å². The molecule has 29 heavy (non-hydrogen) atoms. The molecule has 0 unspecified atom stereocenters. The van der Waals surface area contributed by atoms with E-state index in [1.807, 2.05) is 4.90 Å². The molecule has 1 atom stereocenters. The lowest BCUT2D eigenvalue weighted by Gasteiger charge is -2.35. The zero-order valence-corrected chi connectivity index (χ0v) is 16.5. The molecule has 0 spiro atoms. The number of hydrogen-bond donors (Lipinski definition) is 2. The van der Waals surface area contributed by atoms with E-state index in [1.165, 1.54) is 29.2 Å². The minimum Gasteiger partial charge on any atom is -0.352 e. The van der Waals surface area contributed by atoms with Crippen molar-refractivity contribution in [1.29, 1.82) is 0 Å². The summed E-state index contributed by atoms with van der Waals surface area (Å²) in [6.07, 6.45) is 2.14. The van der Waals surface area contributed by atoms with Crippen molar-refractivity contribution in [3.05, 3.63) is 35.6 Å². The monoisotopic (exact) mass is 403 g/mol. The summed E-state index contributed by atoms with van der Waals surface area (Å²) in [5.74, 6) is -0.680. The van der Waals surface area contributed by atoms with Crippen molar-refractivity contribution < 1.29 is 18.8 Å². The summed E-state index contributed by atoms with van der Waals surface area (Å²) in [4.78, 5) is 42.7. The number of piperazine rings is 1. The Morgan fingerprint density at radius 3 is 2.38 bits per heavy atom. The molecule has 2 heterocycles. The third-order valence-electron chi connectivity index (χ3n) is 5.81. The lowest BCUT2D eigenvalue weighted by Crippen LogP contribution is -2.53. The first kappa shape index (κ1) is 19.8. The number of benzene rings is 1. The zero-order valence-electron chi connectivity index (χ0n) is 16.5. The Morgan fingerprint density at radius 2 is 1.76 bits per heavy atom. The average molecular weight is 403 g/mol. The molecule has 1 aromatic rings. The smallest absolute Gasteiger partial charge is 0.326 e. The Kier molecular flexibility index (Phi) is 5.26. The number of carbonyl (C=O) groups excluding carboxylic acids is 3. The van der Waals surface area contributed by atoms with Crippen LogP contribution in [0.2, 0.25) is 0 Å². The number of nitrogens with zero attached hydrogens (tertiary/aromatic N) is 3. The van der Waals surface area contributed by atoms with Gasteiger partial charge < -0.3 is 10.6 Å². The van der Waals surface area contributed by atoms with Crippen LogP contribution in [0.15, 0.2) is 24.3 Å². The van der Waals surface area contributed by atoms with Crippen molar-refractivity contribution in [2.45, 2.75) is 31.3 Å². The second-order valence-electron chi connectivity index (χ2n) is 8.17. The fourth-order valence-corrected chi connectivity index (χ4v) is 3.80. The van der Waals surface area contributed by atoms with E-state index in [2.05, 4.69) is 15.5 Å². The number of carbonyl (C=O) groups is 3. The van der Waals surface area contributed by atoms with Crippen molar-refractivity contribution in [3.8, 4) is 0 Å². The van der Waals surface area contributed by atoms with Gasteiger partial charge in [-0.15, -0.1) is 0 Å². The van der Waals surface area contributed by atoms with E-state index in [-0.39, 0.29) is 18.5 Å². The van der Waals surface area contributed by atoms with Gasteiger partial charge in [-0.1, -0.05) is 12.1 Å². The summed E-state index contributed by atoms with van der Waals surface area (Å²) in [6.45, 7) is 4.96. The third kappa shape index (κ3) is 4.25. The molecule has 1 aliphatic carbocycles. The van der Waals surface area contributed by atoms with Crippen molar-refractivity contribution in [3.63, 3.8) is 0 Å². The van der Waals surface area contributed by atoms with Crippen LogP contribution in [0, 0.1) is 5.82 Å². The highest BCUT2D eigenvalue weighted by Crippen LogP contribution is 2.29. The SMILES string of the molecule is C[C@@]1(c2ccc(F)cc2)NC(=O)N(CN2CCN(CC(=O)NC3CC3)CC2)C1=O. The van der Waals surface area contributed by atoms with Crippen molar-refractivity contribution >= 4 is 17.8 Å². The maximum Gasteiger partial charge on any atom is 0.326 e. The van der Waals surface area contributed by atoms with Gasteiger partial charge >= 0.3 is 6.03 Å². The molecule has 4 rings (SSSR count). The van der Waals surface area contributed by atoms with Crippen LogP contribution < -0.4 is 10.6 Å². The van der Waals surface area contributed by atoms with Gasteiger partial charge in [0.15, 0.2) is 0 Å². The van der Waals surface area contributed by atoms with Crippen LogP contribution in [-0.4, -0.2) is 78.0 Å². The second-order valence-corrected chi connectivity index (χ2v) is 8.17. The van der Waals surface area contributed by atoms with Crippen LogP contribution in [0.1, 0.15) is 25.3 Å². The molecule has 0 bridgehead atoms. The van der Waals surface area contributed by atoms with Crippen LogP contribution in [0.5, 0.6) is 0 Å². The quantitative estimate of drug-likeness (QED) is 0.674. The molecular weight excluding hydrogens is 377 g/mol. The minimum atomic E-state index is -1.20. The fraction of sp³-hybridized carbons (Fsp3) is 0.550. The van der Waals surface area contributed by atoms with Crippen molar-refractivity contribution in [2.75, 3.05) is 39.4 Å². The number of rotatable bonds is 6. The predicted octanol–water partition coefficient (Wildman–Crippen LogP) is 0.446. The largest absolute Gasteiger partial charge is 0.352 e. The Morgan fingerprint density at radius 1 is 1.14 bits per heavy atom. The number of amides is 4. The van der Waals surface area contributed by atoms with Gasteiger partial charge in [-0.3, -0.25) is 19.4 Å². The first-order chi connectivity index (χ1) is 13.8. The molecule has 3 aliphatic rings. The van der Waals surface area contributed by atoms with Gasteiger partial charge in [-0.05, 0) is 37.5 Å². The molecule has 1 saturated carbocycles.